The van der Waals surface area contributed by atoms with E-state index in [1.807, 2.05) is 0 Å². The molecule has 0 heterocycles. The fourth-order valence-corrected chi connectivity index (χ4v) is 2.61. The molecule has 2 heteroatoms. The minimum atomic E-state index is -0.440. The summed E-state index contributed by atoms with van der Waals surface area (Å²) in [6.45, 7) is 0. The van der Waals surface area contributed by atoms with Crippen molar-refractivity contribution < 1.29 is 0 Å². The highest BCUT2D eigenvalue weighted by molar-refractivity contribution is 6.98. The molecule has 0 spiro atoms. The summed E-state index contributed by atoms with van der Waals surface area (Å²) in [6, 6.07) is 8.50. The summed E-state index contributed by atoms with van der Waals surface area (Å²) in [4.78, 5) is 0. The van der Waals surface area contributed by atoms with Gasteiger partial charge in [0.15, 0.2) is 8.83 Å². The van der Waals surface area contributed by atoms with Crippen molar-refractivity contribution in [2.45, 2.75) is 6.42 Å². The normalized spacial score (nSPS) is 15.5. The van der Waals surface area contributed by atoms with Crippen LogP contribution in [0.25, 0.3) is 6.08 Å². The number of fused-ring (bicyclic) bond motifs is 1. The van der Waals surface area contributed by atoms with Gasteiger partial charge in [0.05, 0.1) is 0 Å². The molecular formula is C9H9ClSi. The van der Waals surface area contributed by atoms with Crippen LogP contribution in [0.2, 0.25) is 0 Å². The number of hydrogen-bond donors (Lipinski definition) is 0. The lowest BCUT2D eigenvalue weighted by atomic mass is 10.1. The van der Waals surface area contributed by atoms with Crippen LogP contribution in [0, 0.1) is 0 Å². The third kappa shape index (κ3) is 1.26. The Labute approximate surface area is 73.4 Å². The van der Waals surface area contributed by atoms with Crippen LogP contribution in [0.3, 0.4) is 0 Å². The Bertz CT molecular complexity index is 304. The van der Waals surface area contributed by atoms with E-state index < -0.39 is 8.83 Å². The van der Waals surface area contributed by atoms with E-state index in [0.29, 0.717) is 0 Å². The average Bonchev–Trinajstić information content (AvgIpc) is 2.46. The minimum Gasteiger partial charge on any atom is -0.170 e. The molecule has 0 amide bonds. The van der Waals surface area contributed by atoms with E-state index in [1.165, 1.54) is 16.3 Å². The summed E-state index contributed by atoms with van der Waals surface area (Å²) in [6.07, 6.45) is 3.35. The van der Waals surface area contributed by atoms with Gasteiger partial charge in [-0.15, -0.1) is 0 Å². The fourth-order valence-electron chi connectivity index (χ4n) is 1.44. The number of benzene rings is 1. The van der Waals surface area contributed by atoms with Gasteiger partial charge in [0.1, 0.15) is 0 Å². The zero-order valence-electron chi connectivity index (χ0n) is 6.18. The van der Waals surface area contributed by atoms with Gasteiger partial charge >= 0.3 is 0 Å². The molecule has 0 saturated carbocycles. The molecule has 0 aliphatic heterocycles. The largest absolute Gasteiger partial charge is 0.170 e. The summed E-state index contributed by atoms with van der Waals surface area (Å²) < 4.78 is 0. The quantitative estimate of drug-likeness (QED) is 0.458. The van der Waals surface area contributed by atoms with Crippen LogP contribution in [0.1, 0.15) is 11.1 Å². The highest BCUT2D eigenvalue weighted by Gasteiger charge is 2.09. The van der Waals surface area contributed by atoms with E-state index in [-0.39, 0.29) is 0 Å². The van der Waals surface area contributed by atoms with E-state index in [9.17, 15) is 0 Å². The van der Waals surface area contributed by atoms with Crippen molar-refractivity contribution in [3.8, 4) is 0 Å². The first kappa shape index (κ1) is 7.13. The van der Waals surface area contributed by atoms with Crippen molar-refractivity contribution in [3.63, 3.8) is 0 Å². The Kier molecular flexibility index (Phi) is 1.84. The van der Waals surface area contributed by atoms with Crippen molar-refractivity contribution >= 4 is 26.0 Å². The van der Waals surface area contributed by atoms with Gasteiger partial charge < -0.3 is 0 Å². The second-order valence-electron chi connectivity index (χ2n) is 2.81. The van der Waals surface area contributed by atoms with E-state index >= 15 is 0 Å². The van der Waals surface area contributed by atoms with E-state index in [4.69, 9.17) is 11.1 Å². The summed E-state index contributed by atoms with van der Waals surface area (Å²) in [5.41, 5.74) is 2.81. The molecule has 0 radical (unpaired) electrons. The summed E-state index contributed by atoms with van der Waals surface area (Å²) in [5.74, 6) is 0. The third-order valence-electron chi connectivity index (χ3n) is 2.00. The Balaban J connectivity index is 2.39. The SMILES string of the molecule is Cl[SiH2]C1=Cc2ccccc2C1. The van der Waals surface area contributed by atoms with Crippen molar-refractivity contribution in [1.82, 2.24) is 0 Å². The number of halogens is 1. The van der Waals surface area contributed by atoms with Crippen molar-refractivity contribution in [1.29, 1.82) is 0 Å². The third-order valence-corrected chi connectivity index (χ3v) is 3.83. The van der Waals surface area contributed by atoms with E-state index in [0.717, 1.165) is 6.42 Å². The van der Waals surface area contributed by atoms with Gasteiger partial charge in [0, 0.05) is 0 Å². The molecule has 0 fully saturated rings. The van der Waals surface area contributed by atoms with Crippen LogP contribution in [-0.2, 0) is 6.42 Å². The van der Waals surface area contributed by atoms with Crippen molar-refractivity contribution in [2.75, 3.05) is 0 Å². The van der Waals surface area contributed by atoms with Crippen molar-refractivity contribution in [2.24, 2.45) is 0 Å². The second-order valence-corrected chi connectivity index (χ2v) is 4.79. The smallest absolute Gasteiger partial charge is 0.152 e. The maximum absolute atomic E-state index is 5.87. The Morgan fingerprint density at radius 3 is 2.82 bits per heavy atom. The highest BCUT2D eigenvalue weighted by atomic mass is 35.6. The molecule has 1 aromatic rings. The summed E-state index contributed by atoms with van der Waals surface area (Å²) in [7, 11) is -0.440. The Morgan fingerprint density at radius 1 is 1.27 bits per heavy atom. The van der Waals surface area contributed by atoms with Crippen LogP contribution in [0.15, 0.2) is 29.5 Å². The molecule has 0 unspecified atom stereocenters. The molecule has 56 valence electrons. The first-order chi connectivity index (χ1) is 5.40. The van der Waals surface area contributed by atoms with Crippen LogP contribution in [-0.4, -0.2) is 8.83 Å². The molecule has 0 aromatic heterocycles. The molecule has 2 rings (SSSR count). The maximum atomic E-state index is 5.87. The lowest BCUT2D eigenvalue weighted by molar-refractivity contribution is 1.29. The monoisotopic (exact) mass is 180 g/mol. The molecule has 0 bridgehead atoms. The molecule has 0 nitrogen and oxygen atoms in total. The van der Waals surface area contributed by atoms with Crippen LogP contribution < -0.4 is 0 Å². The Hall–Kier alpha value is -0.533. The fraction of sp³-hybridized carbons (Fsp3) is 0.111. The van der Waals surface area contributed by atoms with E-state index in [2.05, 4.69) is 30.3 Å². The van der Waals surface area contributed by atoms with Gasteiger partial charge in [0.2, 0.25) is 0 Å². The van der Waals surface area contributed by atoms with Gasteiger partial charge in [-0.2, -0.15) is 11.1 Å². The number of hydrogen-bond acceptors (Lipinski definition) is 0. The van der Waals surface area contributed by atoms with Gasteiger partial charge in [-0.05, 0) is 17.5 Å². The average molecular weight is 181 g/mol. The standard InChI is InChI=1S/C9H9ClSi/c10-11-9-5-7-3-1-2-4-8(7)6-9/h1-5H,6,11H2. The molecular weight excluding hydrogens is 172 g/mol. The van der Waals surface area contributed by atoms with E-state index in [1.54, 1.807) is 0 Å². The molecule has 1 aliphatic rings. The predicted molar refractivity (Wildman–Crippen MR) is 52.5 cm³/mol. The first-order valence-corrected chi connectivity index (χ1v) is 6.58. The molecule has 0 N–H and O–H groups in total. The van der Waals surface area contributed by atoms with Crippen LogP contribution in [0.4, 0.5) is 0 Å². The minimum absolute atomic E-state index is 0.440. The molecule has 1 aliphatic carbocycles. The number of allylic oxidation sites excluding steroid dienone is 1. The van der Waals surface area contributed by atoms with Crippen molar-refractivity contribution in [3.05, 3.63) is 40.6 Å². The summed E-state index contributed by atoms with van der Waals surface area (Å²) >= 11 is 5.87. The van der Waals surface area contributed by atoms with Gasteiger partial charge in [0.25, 0.3) is 0 Å². The highest BCUT2D eigenvalue weighted by Crippen LogP contribution is 2.23. The maximum Gasteiger partial charge on any atom is 0.152 e. The molecule has 0 atom stereocenters. The lowest BCUT2D eigenvalue weighted by Crippen LogP contribution is -1.87. The molecule has 0 saturated heterocycles. The first-order valence-electron chi connectivity index (χ1n) is 3.73. The lowest BCUT2D eigenvalue weighted by Gasteiger charge is -1.94. The van der Waals surface area contributed by atoms with Gasteiger partial charge in [-0.1, -0.05) is 35.5 Å². The summed E-state index contributed by atoms with van der Waals surface area (Å²) in [5, 5.41) is 1.47. The molecule has 1 aromatic carbocycles. The number of rotatable bonds is 1. The van der Waals surface area contributed by atoms with Gasteiger partial charge in [-0.3, -0.25) is 0 Å². The topological polar surface area (TPSA) is 0 Å². The zero-order valence-corrected chi connectivity index (χ0v) is 8.35. The van der Waals surface area contributed by atoms with Crippen LogP contribution in [0.5, 0.6) is 0 Å². The van der Waals surface area contributed by atoms with Crippen LogP contribution >= 0.6 is 11.1 Å². The zero-order chi connectivity index (χ0) is 7.68. The molecule has 11 heavy (non-hydrogen) atoms. The predicted octanol–water partition coefficient (Wildman–Crippen LogP) is 1.91. The van der Waals surface area contributed by atoms with Gasteiger partial charge in [-0.25, -0.2) is 0 Å². The second kappa shape index (κ2) is 2.84. The Morgan fingerprint density at radius 2 is 2.09 bits per heavy atom.